The van der Waals surface area contributed by atoms with E-state index < -0.39 is 0 Å². The first-order valence-electron chi connectivity index (χ1n) is 5.88. The third-order valence-electron chi connectivity index (χ3n) is 2.52. The lowest BCUT2D eigenvalue weighted by atomic mass is 10.4. The second-order valence-electron chi connectivity index (χ2n) is 3.84. The van der Waals surface area contributed by atoms with Crippen molar-refractivity contribution in [2.24, 2.45) is 7.05 Å². The quantitative estimate of drug-likeness (QED) is 0.726. The molecule has 2 aromatic rings. The van der Waals surface area contributed by atoms with Gasteiger partial charge < -0.3 is 10.4 Å². The van der Waals surface area contributed by atoms with Gasteiger partial charge in [-0.2, -0.15) is 16.9 Å². The number of aromatic nitrogens is 4. The van der Waals surface area contributed by atoms with Crippen molar-refractivity contribution < 1.29 is 5.11 Å². The van der Waals surface area contributed by atoms with Crippen molar-refractivity contribution in [3.05, 3.63) is 12.5 Å². The lowest BCUT2D eigenvalue weighted by molar-refractivity contribution is 0.296. The number of fused-ring (bicyclic) bond motifs is 1. The van der Waals surface area contributed by atoms with Crippen LogP contribution in [0.15, 0.2) is 12.5 Å². The van der Waals surface area contributed by atoms with Crippen molar-refractivity contribution in [2.75, 3.05) is 30.0 Å². The molecule has 2 aromatic heterocycles. The van der Waals surface area contributed by atoms with Gasteiger partial charge in [-0.05, 0) is 12.2 Å². The third kappa shape index (κ3) is 3.11. The average molecular weight is 267 g/mol. The minimum Gasteiger partial charge on any atom is -0.396 e. The molecule has 0 fully saturated rings. The maximum atomic E-state index is 8.67. The van der Waals surface area contributed by atoms with Gasteiger partial charge in [-0.1, -0.05) is 0 Å². The molecule has 2 rings (SSSR count). The molecule has 2 heterocycles. The van der Waals surface area contributed by atoms with Crippen LogP contribution in [0.5, 0.6) is 0 Å². The molecule has 7 heteroatoms. The molecular weight excluding hydrogens is 250 g/mol. The normalized spacial score (nSPS) is 11.0. The molecule has 0 unspecified atom stereocenters. The summed E-state index contributed by atoms with van der Waals surface area (Å²) in [6.45, 7) is 1.11. The van der Waals surface area contributed by atoms with E-state index in [1.54, 1.807) is 17.2 Å². The zero-order valence-corrected chi connectivity index (χ0v) is 11.2. The minimum atomic E-state index is 0.267. The Kier molecular flexibility index (Phi) is 4.77. The number of hydrogen-bond donors (Lipinski definition) is 2. The summed E-state index contributed by atoms with van der Waals surface area (Å²) in [4.78, 5) is 8.42. The Labute approximate surface area is 110 Å². The number of anilines is 1. The summed E-state index contributed by atoms with van der Waals surface area (Å²) >= 11 is 1.82. The van der Waals surface area contributed by atoms with Crippen LogP contribution in [0, 0.1) is 0 Å². The van der Waals surface area contributed by atoms with Crippen LogP contribution in [-0.2, 0) is 7.05 Å². The van der Waals surface area contributed by atoms with E-state index in [0.29, 0.717) is 0 Å². The van der Waals surface area contributed by atoms with E-state index in [2.05, 4.69) is 20.4 Å². The van der Waals surface area contributed by atoms with E-state index >= 15 is 0 Å². The van der Waals surface area contributed by atoms with Gasteiger partial charge in [0.1, 0.15) is 12.1 Å². The number of hydrogen-bond acceptors (Lipinski definition) is 6. The average Bonchev–Trinajstić information content (AvgIpc) is 2.77. The van der Waals surface area contributed by atoms with Crippen molar-refractivity contribution in [2.45, 2.75) is 6.42 Å². The molecule has 0 aliphatic heterocycles. The summed E-state index contributed by atoms with van der Waals surface area (Å²) < 4.78 is 1.73. The minimum absolute atomic E-state index is 0.267. The first-order valence-corrected chi connectivity index (χ1v) is 7.03. The van der Waals surface area contributed by atoms with Crippen LogP contribution in [0.3, 0.4) is 0 Å². The monoisotopic (exact) mass is 267 g/mol. The van der Waals surface area contributed by atoms with E-state index in [1.807, 2.05) is 18.8 Å². The van der Waals surface area contributed by atoms with Crippen LogP contribution >= 0.6 is 11.8 Å². The molecule has 0 atom stereocenters. The zero-order chi connectivity index (χ0) is 12.8. The Morgan fingerprint density at radius 1 is 1.39 bits per heavy atom. The second kappa shape index (κ2) is 6.55. The molecule has 0 aliphatic carbocycles. The van der Waals surface area contributed by atoms with E-state index in [1.165, 1.54) is 0 Å². The topological polar surface area (TPSA) is 75.9 Å². The summed E-state index contributed by atoms with van der Waals surface area (Å²) in [5.74, 6) is 2.81. The molecule has 18 heavy (non-hydrogen) atoms. The van der Waals surface area contributed by atoms with Crippen molar-refractivity contribution in [1.82, 2.24) is 19.7 Å². The maximum absolute atomic E-state index is 8.67. The van der Waals surface area contributed by atoms with Crippen molar-refractivity contribution in [1.29, 1.82) is 0 Å². The Morgan fingerprint density at radius 2 is 2.28 bits per heavy atom. The van der Waals surface area contributed by atoms with Gasteiger partial charge >= 0.3 is 0 Å². The van der Waals surface area contributed by atoms with E-state index in [0.717, 1.165) is 41.3 Å². The van der Waals surface area contributed by atoms with Gasteiger partial charge in [-0.25, -0.2) is 9.97 Å². The molecule has 0 bridgehead atoms. The Bertz CT molecular complexity index is 501. The number of aliphatic hydroxyl groups is 1. The third-order valence-corrected chi connectivity index (χ3v) is 3.59. The largest absolute Gasteiger partial charge is 0.396 e. The SMILES string of the molecule is Cn1ncc2c(NCCSCCCO)ncnc21. The molecular formula is C11H17N5OS. The molecule has 6 nitrogen and oxygen atoms in total. The molecule has 0 amide bonds. The van der Waals surface area contributed by atoms with Gasteiger partial charge in [-0.3, -0.25) is 4.68 Å². The summed E-state index contributed by atoms with van der Waals surface area (Å²) in [7, 11) is 1.86. The Balaban J connectivity index is 1.88. The van der Waals surface area contributed by atoms with Crippen LogP contribution in [0.2, 0.25) is 0 Å². The fourth-order valence-corrected chi connectivity index (χ4v) is 2.40. The maximum Gasteiger partial charge on any atom is 0.163 e. The van der Waals surface area contributed by atoms with Gasteiger partial charge in [0.15, 0.2) is 5.65 Å². The Morgan fingerprint density at radius 3 is 3.11 bits per heavy atom. The van der Waals surface area contributed by atoms with Crippen LogP contribution in [0.4, 0.5) is 5.82 Å². The van der Waals surface area contributed by atoms with Gasteiger partial charge in [-0.15, -0.1) is 0 Å². The number of thioether (sulfide) groups is 1. The fraction of sp³-hybridized carbons (Fsp3) is 0.545. The van der Waals surface area contributed by atoms with Crippen molar-refractivity contribution >= 4 is 28.6 Å². The van der Waals surface area contributed by atoms with Crippen LogP contribution in [0.1, 0.15) is 6.42 Å². The van der Waals surface area contributed by atoms with Crippen LogP contribution in [-0.4, -0.2) is 49.5 Å². The summed E-state index contributed by atoms with van der Waals surface area (Å²) in [5.41, 5.74) is 0.834. The van der Waals surface area contributed by atoms with E-state index in [9.17, 15) is 0 Å². The predicted molar refractivity (Wildman–Crippen MR) is 73.8 cm³/mol. The highest BCUT2D eigenvalue weighted by atomic mass is 32.2. The first kappa shape index (κ1) is 13.1. The number of nitrogens with zero attached hydrogens (tertiary/aromatic N) is 4. The van der Waals surface area contributed by atoms with Gasteiger partial charge in [0.2, 0.25) is 0 Å². The molecule has 0 radical (unpaired) electrons. The lowest BCUT2D eigenvalue weighted by Gasteiger charge is -2.05. The van der Waals surface area contributed by atoms with Crippen molar-refractivity contribution in [3.63, 3.8) is 0 Å². The van der Waals surface area contributed by atoms with E-state index in [-0.39, 0.29) is 6.61 Å². The zero-order valence-electron chi connectivity index (χ0n) is 10.3. The van der Waals surface area contributed by atoms with Crippen LogP contribution < -0.4 is 5.32 Å². The van der Waals surface area contributed by atoms with Crippen LogP contribution in [0.25, 0.3) is 11.0 Å². The number of aryl methyl sites for hydroxylation is 1. The molecule has 2 N–H and O–H groups in total. The molecule has 98 valence electrons. The number of rotatable bonds is 7. The summed E-state index contributed by atoms with van der Waals surface area (Å²) in [5, 5.41) is 17.1. The standard InChI is InChI=1S/C11H17N5OS/c1-16-11-9(7-15-16)10(13-8-14-11)12-3-6-18-5-2-4-17/h7-8,17H,2-6H2,1H3,(H,12,13,14). The molecule has 0 aliphatic rings. The highest BCUT2D eigenvalue weighted by Crippen LogP contribution is 2.17. The van der Waals surface area contributed by atoms with Gasteiger partial charge in [0.05, 0.1) is 11.6 Å². The highest BCUT2D eigenvalue weighted by molar-refractivity contribution is 7.99. The van der Waals surface area contributed by atoms with Gasteiger partial charge in [0.25, 0.3) is 0 Å². The first-order chi connectivity index (χ1) is 8.83. The lowest BCUT2D eigenvalue weighted by Crippen LogP contribution is -2.07. The molecule has 0 saturated carbocycles. The molecule has 0 saturated heterocycles. The summed E-state index contributed by atoms with van der Waals surface area (Å²) in [6, 6.07) is 0. The number of aliphatic hydroxyl groups excluding tert-OH is 1. The highest BCUT2D eigenvalue weighted by Gasteiger charge is 2.06. The number of nitrogens with one attached hydrogen (secondary N) is 1. The van der Waals surface area contributed by atoms with Gasteiger partial charge in [0, 0.05) is 26.0 Å². The molecule has 0 spiro atoms. The predicted octanol–water partition coefficient (Wildman–Crippen LogP) is 0.891. The van der Waals surface area contributed by atoms with Crippen molar-refractivity contribution in [3.8, 4) is 0 Å². The fourth-order valence-electron chi connectivity index (χ4n) is 1.61. The second-order valence-corrected chi connectivity index (χ2v) is 5.07. The molecule has 0 aromatic carbocycles. The van der Waals surface area contributed by atoms with E-state index in [4.69, 9.17) is 5.11 Å². The Hall–Kier alpha value is -1.34. The summed E-state index contributed by atoms with van der Waals surface area (Å²) in [6.07, 6.45) is 4.17. The smallest absolute Gasteiger partial charge is 0.163 e.